The Hall–Kier alpha value is -1.68. The molecule has 5 heteroatoms. The first-order valence-electron chi connectivity index (χ1n) is 3.96. The molecule has 0 fully saturated rings. The summed E-state index contributed by atoms with van der Waals surface area (Å²) in [6, 6.07) is 4.84. The van der Waals surface area contributed by atoms with Crippen LogP contribution in [0.25, 0.3) is 5.69 Å². The maximum absolute atomic E-state index is 9.22. The number of hydrogen-bond donors (Lipinski definition) is 2. The van der Waals surface area contributed by atoms with Gasteiger partial charge in [-0.25, -0.2) is 4.68 Å². The molecule has 0 amide bonds. The van der Waals surface area contributed by atoms with Crippen molar-refractivity contribution in [3.8, 4) is 11.4 Å². The van der Waals surface area contributed by atoms with Crippen LogP contribution in [-0.2, 0) is 0 Å². The van der Waals surface area contributed by atoms with E-state index in [1.165, 1.54) is 12.3 Å². The van der Waals surface area contributed by atoms with Crippen LogP contribution in [0.5, 0.6) is 5.75 Å². The van der Waals surface area contributed by atoms with E-state index in [-0.39, 0.29) is 5.75 Å². The standard InChI is InChI=1S/C9H8ClN3O/c10-6-4-12-13(5-6)7-1-2-9(14)8(11)3-7/h1-5,14H,11H2. The number of halogens is 1. The molecule has 4 nitrogen and oxygen atoms in total. The van der Waals surface area contributed by atoms with E-state index in [1.54, 1.807) is 23.0 Å². The predicted octanol–water partition coefficient (Wildman–Crippen LogP) is 1.81. The zero-order valence-corrected chi connectivity index (χ0v) is 7.94. The summed E-state index contributed by atoms with van der Waals surface area (Å²) in [5.74, 6) is 0.0620. The van der Waals surface area contributed by atoms with Crippen molar-refractivity contribution in [1.29, 1.82) is 0 Å². The highest BCUT2D eigenvalue weighted by Gasteiger charge is 2.02. The smallest absolute Gasteiger partial charge is 0.138 e. The van der Waals surface area contributed by atoms with Gasteiger partial charge in [-0.3, -0.25) is 0 Å². The van der Waals surface area contributed by atoms with Crippen LogP contribution in [0.4, 0.5) is 5.69 Å². The normalized spacial score (nSPS) is 10.4. The first-order chi connectivity index (χ1) is 6.66. The Labute approximate surface area is 85.5 Å². The van der Waals surface area contributed by atoms with Crippen LogP contribution in [-0.4, -0.2) is 14.9 Å². The van der Waals surface area contributed by atoms with Crippen molar-refractivity contribution in [1.82, 2.24) is 9.78 Å². The van der Waals surface area contributed by atoms with E-state index >= 15 is 0 Å². The van der Waals surface area contributed by atoms with Gasteiger partial charge in [-0.05, 0) is 18.2 Å². The first kappa shape index (κ1) is 8.90. The number of nitrogens with zero attached hydrogens (tertiary/aromatic N) is 2. The van der Waals surface area contributed by atoms with E-state index in [0.717, 1.165) is 5.69 Å². The van der Waals surface area contributed by atoms with Crippen molar-refractivity contribution in [3.63, 3.8) is 0 Å². The Bertz CT molecular complexity index is 467. The van der Waals surface area contributed by atoms with Crippen LogP contribution < -0.4 is 5.73 Å². The summed E-state index contributed by atoms with van der Waals surface area (Å²) in [5.41, 5.74) is 6.61. The fourth-order valence-electron chi connectivity index (χ4n) is 1.13. The van der Waals surface area contributed by atoms with Crippen molar-refractivity contribution in [2.45, 2.75) is 0 Å². The molecule has 72 valence electrons. The molecule has 0 aliphatic carbocycles. The van der Waals surface area contributed by atoms with Gasteiger partial charge in [0.25, 0.3) is 0 Å². The van der Waals surface area contributed by atoms with E-state index in [0.29, 0.717) is 10.7 Å². The summed E-state index contributed by atoms with van der Waals surface area (Å²) in [6.45, 7) is 0. The molecular weight excluding hydrogens is 202 g/mol. The number of aromatic nitrogens is 2. The van der Waals surface area contributed by atoms with Gasteiger partial charge in [0.1, 0.15) is 5.75 Å². The molecule has 14 heavy (non-hydrogen) atoms. The molecule has 3 N–H and O–H groups in total. The molecule has 0 aliphatic heterocycles. The second kappa shape index (κ2) is 3.23. The topological polar surface area (TPSA) is 64.1 Å². The van der Waals surface area contributed by atoms with Crippen molar-refractivity contribution in [2.24, 2.45) is 0 Å². The molecule has 0 bridgehead atoms. The number of aromatic hydroxyl groups is 1. The molecule has 1 heterocycles. The molecule has 2 rings (SSSR count). The second-order valence-electron chi connectivity index (χ2n) is 2.85. The lowest BCUT2D eigenvalue weighted by Gasteiger charge is -2.03. The Morgan fingerprint density at radius 1 is 1.43 bits per heavy atom. The summed E-state index contributed by atoms with van der Waals surface area (Å²) < 4.78 is 1.58. The van der Waals surface area contributed by atoms with Gasteiger partial charge >= 0.3 is 0 Å². The largest absolute Gasteiger partial charge is 0.506 e. The number of hydrogen-bond acceptors (Lipinski definition) is 3. The van der Waals surface area contributed by atoms with Gasteiger partial charge in [-0.1, -0.05) is 11.6 Å². The average molecular weight is 210 g/mol. The molecule has 0 saturated heterocycles. The van der Waals surface area contributed by atoms with E-state index < -0.39 is 0 Å². The third-order valence-electron chi connectivity index (χ3n) is 1.83. The lowest BCUT2D eigenvalue weighted by molar-refractivity contribution is 0.478. The third-order valence-corrected chi connectivity index (χ3v) is 2.02. The minimum atomic E-state index is 0.0620. The van der Waals surface area contributed by atoms with Crippen LogP contribution in [0, 0.1) is 0 Å². The molecule has 1 aromatic heterocycles. The van der Waals surface area contributed by atoms with Crippen LogP contribution in [0.1, 0.15) is 0 Å². The van der Waals surface area contributed by atoms with E-state index in [2.05, 4.69) is 5.10 Å². The Morgan fingerprint density at radius 3 is 2.79 bits per heavy atom. The average Bonchev–Trinajstić information content (AvgIpc) is 2.57. The van der Waals surface area contributed by atoms with Crippen molar-refractivity contribution in [2.75, 3.05) is 5.73 Å². The number of anilines is 1. The van der Waals surface area contributed by atoms with Gasteiger partial charge in [-0.2, -0.15) is 5.10 Å². The summed E-state index contributed by atoms with van der Waals surface area (Å²) in [6.07, 6.45) is 3.19. The summed E-state index contributed by atoms with van der Waals surface area (Å²) in [4.78, 5) is 0. The minimum absolute atomic E-state index is 0.0620. The third kappa shape index (κ3) is 1.52. The van der Waals surface area contributed by atoms with Crippen LogP contribution in [0.3, 0.4) is 0 Å². The lowest BCUT2D eigenvalue weighted by atomic mass is 10.2. The van der Waals surface area contributed by atoms with Crippen molar-refractivity contribution < 1.29 is 5.11 Å². The highest BCUT2D eigenvalue weighted by atomic mass is 35.5. The molecule has 1 aromatic carbocycles. The van der Waals surface area contributed by atoms with Crippen LogP contribution in [0.2, 0.25) is 5.02 Å². The molecule has 0 unspecified atom stereocenters. The molecule has 0 saturated carbocycles. The maximum Gasteiger partial charge on any atom is 0.138 e. The van der Waals surface area contributed by atoms with Gasteiger partial charge in [0, 0.05) is 6.20 Å². The number of nitrogens with two attached hydrogens (primary N) is 1. The lowest BCUT2D eigenvalue weighted by Crippen LogP contribution is -1.95. The quantitative estimate of drug-likeness (QED) is 0.556. The van der Waals surface area contributed by atoms with Gasteiger partial charge < -0.3 is 10.8 Å². The zero-order chi connectivity index (χ0) is 10.1. The second-order valence-corrected chi connectivity index (χ2v) is 3.28. The fraction of sp³-hybridized carbons (Fsp3) is 0. The monoisotopic (exact) mass is 209 g/mol. The minimum Gasteiger partial charge on any atom is -0.506 e. The van der Waals surface area contributed by atoms with E-state index in [9.17, 15) is 5.11 Å². The summed E-state index contributed by atoms with van der Waals surface area (Å²) >= 11 is 5.72. The molecule has 0 radical (unpaired) electrons. The maximum atomic E-state index is 9.22. The van der Waals surface area contributed by atoms with Gasteiger partial charge in [0.2, 0.25) is 0 Å². The number of phenols is 1. The highest BCUT2D eigenvalue weighted by molar-refractivity contribution is 6.30. The first-order valence-corrected chi connectivity index (χ1v) is 4.33. The molecule has 0 spiro atoms. The van der Waals surface area contributed by atoms with Gasteiger partial charge in [0.15, 0.2) is 0 Å². The van der Waals surface area contributed by atoms with E-state index in [4.69, 9.17) is 17.3 Å². The number of phenolic OH excluding ortho intramolecular Hbond substituents is 1. The Morgan fingerprint density at radius 2 is 2.21 bits per heavy atom. The SMILES string of the molecule is Nc1cc(-n2cc(Cl)cn2)ccc1O. The van der Waals surface area contributed by atoms with E-state index in [1.807, 2.05) is 0 Å². The highest BCUT2D eigenvalue weighted by Crippen LogP contribution is 2.22. The number of benzene rings is 1. The molecule has 0 aliphatic rings. The number of nitrogen functional groups attached to an aromatic ring is 1. The fourth-order valence-corrected chi connectivity index (χ4v) is 1.26. The predicted molar refractivity (Wildman–Crippen MR) is 54.7 cm³/mol. The molecule has 0 atom stereocenters. The zero-order valence-electron chi connectivity index (χ0n) is 7.18. The van der Waals surface area contributed by atoms with Crippen LogP contribution in [0.15, 0.2) is 30.6 Å². The van der Waals surface area contributed by atoms with Crippen molar-refractivity contribution in [3.05, 3.63) is 35.6 Å². The Kier molecular flexibility index (Phi) is 2.05. The van der Waals surface area contributed by atoms with Crippen LogP contribution >= 0.6 is 11.6 Å². The summed E-state index contributed by atoms with van der Waals surface area (Å²) in [7, 11) is 0. The van der Waals surface area contributed by atoms with Gasteiger partial charge in [-0.15, -0.1) is 0 Å². The summed E-state index contributed by atoms with van der Waals surface area (Å²) in [5, 5.41) is 13.8. The van der Waals surface area contributed by atoms with Gasteiger partial charge in [0.05, 0.1) is 22.6 Å². The molecular formula is C9H8ClN3O. The molecule has 2 aromatic rings. The van der Waals surface area contributed by atoms with Crippen molar-refractivity contribution >= 4 is 17.3 Å². The number of rotatable bonds is 1. The Balaban J connectivity index is 2.47.